The van der Waals surface area contributed by atoms with Gasteiger partial charge in [0.25, 0.3) is 0 Å². The van der Waals surface area contributed by atoms with Crippen LogP contribution in [0.4, 0.5) is 0 Å². The van der Waals surface area contributed by atoms with E-state index in [4.69, 9.17) is 32.7 Å². The number of rotatable bonds is 12. The molecule has 0 spiro atoms. The molecule has 0 fully saturated rings. The van der Waals surface area contributed by atoms with Crippen molar-refractivity contribution in [3.8, 4) is 11.5 Å². The van der Waals surface area contributed by atoms with Gasteiger partial charge in [-0.15, -0.1) is 0 Å². The van der Waals surface area contributed by atoms with Crippen LogP contribution in [-0.2, 0) is 35.5 Å². The fourth-order valence-corrected chi connectivity index (χ4v) is 4.77. The molecule has 1 atom stereocenters. The fourth-order valence-electron chi connectivity index (χ4n) is 4.52. The summed E-state index contributed by atoms with van der Waals surface area (Å²) in [5, 5.41) is 4.25. The SMILES string of the molecule is COc1ccc(CC(=O)N(Cc2ccc(Cl)cc2)C(Cc2ccccc2)C(=O)NCc2ccc(Cl)cc2)cc1OC. The van der Waals surface area contributed by atoms with Gasteiger partial charge in [-0.2, -0.15) is 0 Å². The molecule has 6 nitrogen and oxygen atoms in total. The lowest BCUT2D eigenvalue weighted by molar-refractivity contribution is -0.140. The Bertz CT molecular complexity index is 1440. The maximum absolute atomic E-state index is 14.0. The number of carbonyl (C=O) groups excluding carboxylic acids is 2. The maximum Gasteiger partial charge on any atom is 0.243 e. The number of carbonyl (C=O) groups is 2. The minimum atomic E-state index is -0.770. The number of halogens is 2. The van der Waals surface area contributed by atoms with Crippen LogP contribution in [-0.4, -0.2) is 37.0 Å². The van der Waals surface area contributed by atoms with Crippen molar-refractivity contribution < 1.29 is 19.1 Å². The minimum absolute atomic E-state index is 0.0731. The van der Waals surface area contributed by atoms with Gasteiger partial charge in [0, 0.05) is 29.6 Å². The van der Waals surface area contributed by atoms with Crippen molar-refractivity contribution in [3.05, 3.63) is 129 Å². The highest BCUT2D eigenvalue weighted by atomic mass is 35.5. The van der Waals surface area contributed by atoms with Gasteiger partial charge in [0.15, 0.2) is 11.5 Å². The third-order valence-electron chi connectivity index (χ3n) is 6.72. The monoisotopic (exact) mass is 590 g/mol. The predicted octanol–water partition coefficient (Wildman–Crippen LogP) is 6.51. The highest BCUT2D eigenvalue weighted by molar-refractivity contribution is 6.30. The summed E-state index contributed by atoms with van der Waals surface area (Å²) in [7, 11) is 3.12. The largest absolute Gasteiger partial charge is 0.493 e. The molecule has 4 aromatic rings. The van der Waals surface area contributed by atoms with Crippen molar-refractivity contribution in [2.24, 2.45) is 0 Å². The summed E-state index contributed by atoms with van der Waals surface area (Å²) in [5.41, 5.74) is 3.45. The van der Waals surface area contributed by atoms with Gasteiger partial charge in [-0.25, -0.2) is 0 Å². The first kappa shape index (κ1) is 30.0. The first-order chi connectivity index (χ1) is 19.9. The molecule has 0 saturated heterocycles. The van der Waals surface area contributed by atoms with E-state index in [2.05, 4.69) is 5.32 Å². The Balaban J connectivity index is 1.66. The van der Waals surface area contributed by atoms with Crippen LogP contribution in [0.5, 0.6) is 11.5 Å². The van der Waals surface area contributed by atoms with Crippen LogP contribution in [0.25, 0.3) is 0 Å². The Morgan fingerprint density at radius 3 is 1.93 bits per heavy atom. The number of methoxy groups -OCH3 is 2. The third-order valence-corrected chi connectivity index (χ3v) is 7.22. The second-order valence-electron chi connectivity index (χ2n) is 9.56. The maximum atomic E-state index is 14.0. The Morgan fingerprint density at radius 1 is 0.732 bits per heavy atom. The average molecular weight is 592 g/mol. The molecule has 0 aromatic heterocycles. The molecule has 4 aromatic carbocycles. The van der Waals surface area contributed by atoms with Gasteiger partial charge in [-0.1, -0.05) is 83.9 Å². The second kappa shape index (κ2) is 14.6. The number of ether oxygens (including phenoxy) is 2. The van der Waals surface area contributed by atoms with Crippen LogP contribution < -0.4 is 14.8 Å². The minimum Gasteiger partial charge on any atom is -0.493 e. The van der Waals surface area contributed by atoms with Crippen molar-refractivity contribution >= 4 is 35.0 Å². The lowest BCUT2D eigenvalue weighted by Crippen LogP contribution is -2.50. The van der Waals surface area contributed by atoms with E-state index in [9.17, 15) is 9.59 Å². The molecule has 0 radical (unpaired) electrons. The summed E-state index contributed by atoms with van der Waals surface area (Å²) in [6, 6.07) is 28.9. The van der Waals surface area contributed by atoms with Crippen LogP contribution in [0.1, 0.15) is 22.3 Å². The van der Waals surface area contributed by atoms with E-state index in [0.717, 1.165) is 22.3 Å². The van der Waals surface area contributed by atoms with Crippen molar-refractivity contribution in [2.45, 2.75) is 32.0 Å². The summed E-state index contributed by atoms with van der Waals surface area (Å²) in [6.07, 6.45) is 0.419. The molecule has 41 heavy (non-hydrogen) atoms. The van der Waals surface area contributed by atoms with Crippen LogP contribution in [0.3, 0.4) is 0 Å². The molecular weight excluding hydrogens is 559 g/mol. The standard InChI is InChI=1S/C33H32Cl2N2O4/c1-40-30-17-12-26(19-31(30)41-2)20-32(38)37(22-25-10-15-28(35)16-11-25)29(18-23-6-4-3-5-7-23)33(39)36-21-24-8-13-27(34)14-9-24/h3-17,19,29H,18,20-22H2,1-2H3,(H,36,39). The van der Waals surface area contributed by atoms with Gasteiger partial charge >= 0.3 is 0 Å². The molecule has 0 heterocycles. The molecular formula is C33H32Cl2N2O4. The van der Waals surface area contributed by atoms with Crippen LogP contribution in [0.15, 0.2) is 97.1 Å². The lowest BCUT2D eigenvalue weighted by Gasteiger charge is -2.32. The van der Waals surface area contributed by atoms with Crippen molar-refractivity contribution in [1.29, 1.82) is 0 Å². The van der Waals surface area contributed by atoms with Gasteiger partial charge < -0.3 is 19.7 Å². The Labute approximate surface area is 250 Å². The van der Waals surface area contributed by atoms with Crippen molar-refractivity contribution in [3.63, 3.8) is 0 Å². The third kappa shape index (κ3) is 8.49. The summed E-state index contributed by atoms with van der Waals surface area (Å²) in [5.74, 6) is 0.655. The van der Waals surface area contributed by atoms with E-state index in [1.807, 2.05) is 60.7 Å². The number of nitrogens with one attached hydrogen (secondary N) is 1. The van der Waals surface area contributed by atoms with E-state index in [0.29, 0.717) is 34.5 Å². The van der Waals surface area contributed by atoms with E-state index < -0.39 is 6.04 Å². The Hall–Kier alpha value is -4.00. The number of hydrogen-bond acceptors (Lipinski definition) is 4. The molecule has 212 valence electrons. The van der Waals surface area contributed by atoms with Crippen molar-refractivity contribution in [1.82, 2.24) is 10.2 Å². The molecule has 0 aliphatic carbocycles. The molecule has 1 unspecified atom stereocenters. The Kier molecular flexibility index (Phi) is 10.7. The predicted molar refractivity (Wildman–Crippen MR) is 162 cm³/mol. The molecule has 1 N–H and O–H groups in total. The van der Waals surface area contributed by atoms with Crippen molar-refractivity contribution in [2.75, 3.05) is 14.2 Å². The molecule has 4 rings (SSSR count). The highest BCUT2D eigenvalue weighted by Crippen LogP contribution is 2.28. The first-order valence-corrected chi connectivity index (χ1v) is 13.9. The fraction of sp³-hybridized carbons (Fsp3) is 0.212. The molecule has 2 amide bonds. The van der Waals surface area contributed by atoms with Gasteiger partial charge in [0.1, 0.15) is 6.04 Å². The zero-order valence-corrected chi connectivity index (χ0v) is 24.5. The van der Waals surface area contributed by atoms with Crippen LogP contribution >= 0.6 is 23.2 Å². The normalized spacial score (nSPS) is 11.4. The van der Waals surface area contributed by atoms with Gasteiger partial charge in [-0.05, 0) is 58.7 Å². The zero-order valence-electron chi connectivity index (χ0n) is 23.0. The smallest absolute Gasteiger partial charge is 0.243 e. The molecule has 0 bridgehead atoms. The Morgan fingerprint density at radius 2 is 1.32 bits per heavy atom. The van der Waals surface area contributed by atoms with Crippen LogP contribution in [0.2, 0.25) is 10.0 Å². The molecule has 8 heteroatoms. The number of nitrogens with zero attached hydrogens (tertiary/aromatic N) is 1. The summed E-state index contributed by atoms with van der Waals surface area (Å²) in [4.78, 5) is 29.5. The topological polar surface area (TPSA) is 67.9 Å². The number of hydrogen-bond donors (Lipinski definition) is 1. The van der Waals surface area contributed by atoms with E-state index in [1.54, 1.807) is 55.5 Å². The zero-order chi connectivity index (χ0) is 29.2. The number of benzene rings is 4. The van der Waals surface area contributed by atoms with E-state index in [-0.39, 0.29) is 24.8 Å². The summed E-state index contributed by atoms with van der Waals surface area (Å²) < 4.78 is 10.8. The molecule has 0 aliphatic rings. The highest BCUT2D eigenvalue weighted by Gasteiger charge is 2.30. The molecule has 0 saturated carbocycles. The van der Waals surface area contributed by atoms with Gasteiger partial charge in [0.2, 0.25) is 11.8 Å². The van der Waals surface area contributed by atoms with Gasteiger partial charge in [0.05, 0.1) is 20.6 Å². The number of amides is 2. The second-order valence-corrected chi connectivity index (χ2v) is 10.4. The van der Waals surface area contributed by atoms with Crippen LogP contribution in [0, 0.1) is 0 Å². The van der Waals surface area contributed by atoms with E-state index in [1.165, 1.54) is 0 Å². The lowest BCUT2D eigenvalue weighted by atomic mass is 10.0. The molecule has 0 aliphatic heterocycles. The summed E-state index contributed by atoms with van der Waals surface area (Å²) in [6.45, 7) is 0.537. The van der Waals surface area contributed by atoms with E-state index >= 15 is 0 Å². The quantitative estimate of drug-likeness (QED) is 0.204. The average Bonchev–Trinajstić information content (AvgIpc) is 2.99. The van der Waals surface area contributed by atoms with Gasteiger partial charge in [-0.3, -0.25) is 9.59 Å². The first-order valence-electron chi connectivity index (χ1n) is 13.2. The summed E-state index contributed by atoms with van der Waals surface area (Å²) >= 11 is 12.2.